The second kappa shape index (κ2) is 5.39. The van der Waals surface area contributed by atoms with Gasteiger partial charge in [0, 0.05) is 16.6 Å². The topological polar surface area (TPSA) is 41.6 Å². The highest BCUT2D eigenvalue weighted by molar-refractivity contribution is 9.10. The van der Waals surface area contributed by atoms with Gasteiger partial charge in [-0.25, -0.2) is 9.97 Å². The Bertz CT molecular complexity index is 527. The number of hydrogen-bond acceptors (Lipinski definition) is 2. The SMILES string of the molecule is Brc1cnc2nc(C3CCCCCCC3)[nH]c2c1. The summed E-state index contributed by atoms with van der Waals surface area (Å²) in [6.07, 6.45) is 11.2. The standard InChI is InChI=1S/C14H18BrN3/c15-11-8-12-14(16-9-11)18-13(17-12)10-6-4-2-1-3-5-7-10/h8-10H,1-7H2,(H,16,17,18). The second-order valence-electron chi connectivity index (χ2n) is 5.19. The van der Waals surface area contributed by atoms with E-state index in [1.165, 1.54) is 44.9 Å². The zero-order valence-electron chi connectivity index (χ0n) is 10.5. The maximum Gasteiger partial charge on any atom is 0.177 e. The normalized spacial score (nSPS) is 18.7. The van der Waals surface area contributed by atoms with Crippen LogP contribution in [0, 0.1) is 0 Å². The van der Waals surface area contributed by atoms with Gasteiger partial charge in [0.15, 0.2) is 5.65 Å². The number of nitrogens with zero attached hydrogens (tertiary/aromatic N) is 2. The van der Waals surface area contributed by atoms with E-state index in [4.69, 9.17) is 0 Å². The largest absolute Gasteiger partial charge is 0.340 e. The minimum Gasteiger partial charge on any atom is -0.340 e. The number of rotatable bonds is 1. The smallest absolute Gasteiger partial charge is 0.177 e. The summed E-state index contributed by atoms with van der Waals surface area (Å²) < 4.78 is 1.00. The molecule has 0 saturated heterocycles. The minimum absolute atomic E-state index is 0.596. The van der Waals surface area contributed by atoms with Gasteiger partial charge < -0.3 is 4.98 Å². The molecule has 1 fully saturated rings. The lowest BCUT2D eigenvalue weighted by molar-refractivity contribution is 0.445. The summed E-state index contributed by atoms with van der Waals surface area (Å²) in [5, 5.41) is 0. The van der Waals surface area contributed by atoms with Crippen LogP contribution in [0.1, 0.15) is 56.7 Å². The van der Waals surface area contributed by atoms with E-state index in [0.717, 1.165) is 21.5 Å². The van der Waals surface area contributed by atoms with Gasteiger partial charge in [-0.3, -0.25) is 0 Å². The second-order valence-corrected chi connectivity index (χ2v) is 6.10. The number of halogens is 1. The molecule has 0 amide bonds. The van der Waals surface area contributed by atoms with Crippen LogP contribution in [0.2, 0.25) is 0 Å². The van der Waals surface area contributed by atoms with Crippen molar-refractivity contribution < 1.29 is 0 Å². The van der Waals surface area contributed by atoms with Crippen molar-refractivity contribution in [3.63, 3.8) is 0 Å². The third-order valence-corrected chi connectivity index (χ3v) is 4.25. The summed E-state index contributed by atoms with van der Waals surface area (Å²) in [6, 6.07) is 2.06. The van der Waals surface area contributed by atoms with Crippen LogP contribution >= 0.6 is 15.9 Å². The summed E-state index contributed by atoms with van der Waals surface area (Å²) in [5.41, 5.74) is 1.89. The van der Waals surface area contributed by atoms with Gasteiger partial charge in [0.1, 0.15) is 5.82 Å². The van der Waals surface area contributed by atoms with Crippen molar-refractivity contribution in [2.24, 2.45) is 0 Å². The fourth-order valence-corrected chi connectivity index (χ4v) is 3.15. The molecule has 0 aliphatic heterocycles. The quantitative estimate of drug-likeness (QED) is 0.840. The van der Waals surface area contributed by atoms with E-state index in [1.807, 2.05) is 6.20 Å². The maximum absolute atomic E-state index is 4.66. The summed E-state index contributed by atoms with van der Waals surface area (Å²) >= 11 is 3.45. The Labute approximate surface area is 116 Å². The summed E-state index contributed by atoms with van der Waals surface area (Å²) in [4.78, 5) is 12.5. The van der Waals surface area contributed by atoms with Crippen LogP contribution in [0.25, 0.3) is 11.2 Å². The van der Waals surface area contributed by atoms with Gasteiger partial charge in [0.2, 0.25) is 0 Å². The van der Waals surface area contributed by atoms with Gasteiger partial charge in [0.05, 0.1) is 5.52 Å². The fraction of sp³-hybridized carbons (Fsp3) is 0.571. The van der Waals surface area contributed by atoms with E-state index in [2.05, 4.69) is 36.9 Å². The van der Waals surface area contributed by atoms with Crippen molar-refractivity contribution >= 4 is 27.1 Å². The van der Waals surface area contributed by atoms with E-state index in [9.17, 15) is 0 Å². The highest BCUT2D eigenvalue weighted by Crippen LogP contribution is 2.30. The Balaban J connectivity index is 1.87. The molecule has 2 aromatic rings. The van der Waals surface area contributed by atoms with Gasteiger partial charge in [0.25, 0.3) is 0 Å². The number of pyridine rings is 1. The van der Waals surface area contributed by atoms with Crippen molar-refractivity contribution in [2.75, 3.05) is 0 Å². The molecule has 0 spiro atoms. The average molecular weight is 308 g/mol. The zero-order valence-corrected chi connectivity index (χ0v) is 12.0. The van der Waals surface area contributed by atoms with Gasteiger partial charge in [-0.05, 0) is 34.8 Å². The van der Waals surface area contributed by atoms with E-state index in [0.29, 0.717) is 5.92 Å². The molecule has 1 aliphatic rings. The molecule has 1 aliphatic carbocycles. The van der Waals surface area contributed by atoms with Crippen molar-refractivity contribution in [2.45, 2.75) is 50.9 Å². The third-order valence-electron chi connectivity index (χ3n) is 3.81. The van der Waals surface area contributed by atoms with Crippen LogP contribution in [-0.2, 0) is 0 Å². The van der Waals surface area contributed by atoms with Crippen LogP contribution < -0.4 is 0 Å². The predicted molar refractivity (Wildman–Crippen MR) is 76.6 cm³/mol. The summed E-state index contributed by atoms with van der Waals surface area (Å²) in [5.74, 6) is 1.73. The minimum atomic E-state index is 0.596. The third kappa shape index (κ3) is 2.58. The first-order chi connectivity index (χ1) is 8.83. The first-order valence-corrected chi connectivity index (χ1v) is 7.63. The van der Waals surface area contributed by atoms with Crippen LogP contribution in [-0.4, -0.2) is 15.0 Å². The van der Waals surface area contributed by atoms with E-state index >= 15 is 0 Å². The number of fused-ring (bicyclic) bond motifs is 1. The molecule has 0 atom stereocenters. The van der Waals surface area contributed by atoms with E-state index in [-0.39, 0.29) is 0 Å². The number of aromatic amines is 1. The maximum atomic E-state index is 4.66. The molecule has 2 aromatic heterocycles. The lowest BCUT2D eigenvalue weighted by Gasteiger charge is -2.17. The molecule has 1 N–H and O–H groups in total. The van der Waals surface area contributed by atoms with E-state index < -0.39 is 0 Å². The predicted octanol–water partition coefficient (Wildman–Crippen LogP) is 4.55. The molecule has 0 aromatic carbocycles. The molecule has 3 nitrogen and oxygen atoms in total. The Morgan fingerprint density at radius 1 is 1.11 bits per heavy atom. The average Bonchev–Trinajstić information content (AvgIpc) is 2.71. The molecule has 96 valence electrons. The van der Waals surface area contributed by atoms with Crippen molar-refractivity contribution in [3.05, 3.63) is 22.6 Å². The van der Waals surface area contributed by atoms with Gasteiger partial charge in [-0.1, -0.05) is 32.1 Å². The molecule has 18 heavy (non-hydrogen) atoms. The Morgan fingerprint density at radius 3 is 2.61 bits per heavy atom. The molecule has 1 saturated carbocycles. The van der Waals surface area contributed by atoms with Crippen molar-refractivity contribution in [1.82, 2.24) is 15.0 Å². The Kier molecular flexibility index (Phi) is 3.64. The Hall–Kier alpha value is -0.900. The molecular weight excluding hydrogens is 290 g/mol. The molecule has 0 unspecified atom stereocenters. The van der Waals surface area contributed by atoms with Crippen LogP contribution in [0.4, 0.5) is 0 Å². The monoisotopic (exact) mass is 307 g/mol. The molecule has 2 heterocycles. The first kappa shape index (κ1) is 12.2. The summed E-state index contributed by atoms with van der Waals surface area (Å²) in [7, 11) is 0. The van der Waals surface area contributed by atoms with Crippen molar-refractivity contribution in [1.29, 1.82) is 0 Å². The van der Waals surface area contributed by atoms with Crippen molar-refractivity contribution in [3.8, 4) is 0 Å². The van der Waals surface area contributed by atoms with Crippen LogP contribution in [0.3, 0.4) is 0 Å². The molecular formula is C14H18BrN3. The molecule has 0 bridgehead atoms. The van der Waals surface area contributed by atoms with Crippen LogP contribution in [0.5, 0.6) is 0 Å². The van der Waals surface area contributed by atoms with Crippen LogP contribution in [0.15, 0.2) is 16.7 Å². The lowest BCUT2D eigenvalue weighted by atomic mass is 9.91. The number of H-pyrrole nitrogens is 1. The van der Waals surface area contributed by atoms with Gasteiger partial charge >= 0.3 is 0 Å². The molecule has 3 rings (SSSR count). The fourth-order valence-electron chi connectivity index (χ4n) is 2.82. The molecule has 0 radical (unpaired) electrons. The number of hydrogen-bond donors (Lipinski definition) is 1. The molecule has 4 heteroatoms. The van der Waals surface area contributed by atoms with E-state index in [1.54, 1.807) is 0 Å². The lowest BCUT2D eigenvalue weighted by Crippen LogP contribution is -2.04. The highest BCUT2D eigenvalue weighted by Gasteiger charge is 2.17. The Morgan fingerprint density at radius 2 is 1.83 bits per heavy atom. The number of nitrogens with one attached hydrogen (secondary N) is 1. The summed E-state index contributed by atoms with van der Waals surface area (Å²) in [6.45, 7) is 0. The van der Waals surface area contributed by atoms with Gasteiger partial charge in [-0.15, -0.1) is 0 Å². The number of imidazole rings is 1. The number of aromatic nitrogens is 3. The zero-order chi connectivity index (χ0) is 12.4. The van der Waals surface area contributed by atoms with Gasteiger partial charge in [-0.2, -0.15) is 0 Å². The highest BCUT2D eigenvalue weighted by atomic mass is 79.9. The first-order valence-electron chi connectivity index (χ1n) is 6.84.